The number of aliphatic hydroxyl groups is 2. The topological polar surface area (TPSA) is 185 Å². The third-order valence-corrected chi connectivity index (χ3v) is 9.95. The van der Waals surface area contributed by atoms with E-state index in [9.17, 15) is 42.6 Å². The SMILES string of the molecule is CC(C)(C)OC(=O)N1CC[C@H](C=O)C1.CC(C)(C)OC(=O)N1CC[C@H]([C@@H](O)c2cncc(F)c2)C1.CC(C)(C)OC(=O)N1CC[C@H]([C@H](O)c2cncc(F)c2)C1.Fc1cncc(Br)c1. The lowest BCUT2D eigenvalue weighted by molar-refractivity contribution is -0.110. The number of carbonyl (C=O) groups is 4. The molecule has 3 fully saturated rings. The second-order valence-corrected chi connectivity index (χ2v) is 19.6. The van der Waals surface area contributed by atoms with Gasteiger partial charge in [-0.25, -0.2) is 27.6 Å². The van der Waals surface area contributed by atoms with E-state index in [2.05, 4.69) is 30.9 Å². The minimum Gasteiger partial charge on any atom is -0.444 e. The first-order valence-corrected chi connectivity index (χ1v) is 21.7. The van der Waals surface area contributed by atoms with Gasteiger partial charge in [-0.1, -0.05) is 0 Å². The molecule has 354 valence electrons. The number of ether oxygens (including phenoxy) is 3. The van der Waals surface area contributed by atoms with Crippen LogP contribution in [-0.4, -0.2) is 121 Å². The highest BCUT2D eigenvalue weighted by atomic mass is 79.9. The summed E-state index contributed by atoms with van der Waals surface area (Å²) in [5.74, 6) is -1.56. The van der Waals surface area contributed by atoms with Crippen molar-refractivity contribution >= 4 is 40.5 Å². The second-order valence-electron chi connectivity index (χ2n) is 18.6. The molecular formula is C45H62BrF3N6O9. The predicted octanol–water partition coefficient (Wildman–Crippen LogP) is 8.45. The molecule has 3 aromatic heterocycles. The van der Waals surface area contributed by atoms with E-state index in [4.69, 9.17) is 14.2 Å². The number of aliphatic hydroxyl groups excluding tert-OH is 2. The minimum atomic E-state index is -0.833. The van der Waals surface area contributed by atoms with Crippen LogP contribution in [0.1, 0.15) is 105 Å². The molecule has 2 N–H and O–H groups in total. The average molecular weight is 968 g/mol. The summed E-state index contributed by atoms with van der Waals surface area (Å²) in [5, 5.41) is 20.6. The van der Waals surface area contributed by atoms with Gasteiger partial charge in [-0.2, -0.15) is 0 Å². The first kappa shape index (κ1) is 53.5. The molecular weight excluding hydrogens is 905 g/mol. The molecule has 0 bridgehead atoms. The molecule has 0 aromatic carbocycles. The van der Waals surface area contributed by atoms with Crippen molar-refractivity contribution in [2.75, 3.05) is 39.3 Å². The Labute approximate surface area is 381 Å². The van der Waals surface area contributed by atoms with Crippen molar-refractivity contribution in [1.82, 2.24) is 29.7 Å². The summed E-state index contributed by atoms with van der Waals surface area (Å²) in [6, 6.07) is 3.90. The van der Waals surface area contributed by atoms with Crippen LogP contribution in [0.5, 0.6) is 0 Å². The normalized spacial score (nSPS) is 19.4. The van der Waals surface area contributed by atoms with E-state index in [0.29, 0.717) is 67.7 Å². The van der Waals surface area contributed by atoms with E-state index in [0.717, 1.165) is 31.3 Å². The molecule has 6 rings (SSSR count). The van der Waals surface area contributed by atoms with Crippen molar-refractivity contribution in [1.29, 1.82) is 0 Å². The quantitative estimate of drug-likeness (QED) is 0.184. The number of aromatic nitrogens is 3. The highest BCUT2D eigenvalue weighted by molar-refractivity contribution is 9.10. The van der Waals surface area contributed by atoms with Crippen LogP contribution in [0.15, 0.2) is 59.9 Å². The van der Waals surface area contributed by atoms with Gasteiger partial charge in [0.1, 0.15) is 40.5 Å². The number of pyridine rings is 3. The van der Waals surface area contributed by atoms with E-state index in [1.165, 1.54) is 36.8 Å². The van der Waals surface area contributed by atoms with Gasteiger partial charge in [0.25, 0.3) is 0 Å². The Balaban J connectivity index is 0.000000239. The van der Waals surface area contributed by atoms with Gasteiger partial charge in [-0.05, 0) is 116 Å². The third-order valence-electron chi connectivity index (χ3n) is 9.52. The summed E-state index contributed by atoms with van der Waals surface area (Å²) < 4.78 is 54.8. The summed E-state index contributed by atoms with van der Waals surface area (Å²) in [7, 11) is 0. The molecule has 3 saturated heterocycles. The van der Waals surface area contributed by atoms with Crippen LogP contribution in [0, 0.1) is 35.2 Å². The number of halogens is 4. The molecule has 0 radical (unpaired) electrons. The van der Waals surface area contributed by atoms with E-state index < -0.39 is 40.6 Å². The van der Waals surface area contributed by atoms with E-state index in [-0.39, 0.29) is 41.9 Å². The number of likely N-dealkylation sites (tertiary alicyclic amines) is 3. The zero-order valence-corrected chi connectivity index (χ0v) is 39.6. The highest BCUT2D eigenvalue weighted by Crippen LogP contribution is 2.32. The van der Waals surface area contributed by atoms with Crippen molar-refractivity contribution in [3.05, 3.63) is 88.4 Å². The maximum atomic E-state index is 13.1. The lowest BCUT2D eigenvalue weighted by Crippen LogP contribution is -2.35. The van der Waals surface area contributed by atoms with Gasteiger partial charge in [0.15, 0.2) is 0 Å². The van der Waals surface area contributed by atoms with Crippen LogP contribution in [0.2, 0.25) is 0 Å². The molecule has 0 aliphatic carbocycles. The number of nitrogens with zero attached hydrogens (tertiary/aromatic N) is 6. The Bertz CT molecular complexity index is 1890. The van der Waals surface area contributed by atoms with Crippen LogP contribution in [0.25, 0.3) is 0 Å². The maximum Gasteiger partial charge on any atom is 0.410 e. The summed E-state index contributed by atoms with van der Waals surface area (Å²) >= 11 is 3.06. The van der Waals surface area contributed by atoms with Crippen LogP contribution >= 0.6 is 15.9 Å². The smallest absolute Gasteiger partial charge is 0.410 e. The van der Waals surface area contributed by atoms with Crippen molar-refractivity contribution in [3.8, 4) is 0 Å². The molecule has 15 nitrogen and oxygen atoms in total. The molecule has 5 atom stereocenters. The fraction of sp³-hybridized carbons (Fsp3) is 0.578. The van der Waals surface area contributed by atoms with Gasteiger partial charge in [-0.15, -0.1) is 0 Å². The Hall–Kier alpha value is -4.88. The average Bonchev–Trinajstić information content (AvgIpc) is 3.98. The van der Waals surface area contributed by atoms with Crippen molar-refractivity contribution in [2.24, 2.45) is 17.8 Å². The maximum absolute atomic E-state index is 13.1. The highest BCUT2D eigenvalue weighted by Gasteiger charge is 2.36. The van der Waals surface area contributed by atoms with Crippen LogP contribution in [0.4, 0.5) is 27.6 Å². The number of hydrogen-bond acceptors (Lipinski definition) is 12. The number of amides is 3. The largest absolute Gasteiger partial charge is 0.444 e. The first-order chi connectivity index (χ1) is 29.7. The Morgan fingerprint density at radius 3 is 1.25 bits per heavy atom. The molecule has 64 heavy (non-hydrogen) atoms. The predicted molar refractivity (Wildman–Crippen MR) is 234 cm³/mol. The lowest BCUT2D eigenvalue weighted by atomic mass is 9.96. The van der Waals surface area contributed by atoms with Gasteiger partial charge >= 0.3 is 18.3 Å². The fourth-order valence-corrected chi connectivity index (χ4v) is 6.91. The summed E-state index contributed by atoms with van der Waals surface area (Å²) in [4.78, 5) is 61.7. The monoisotopic (exact) mass is 966 g/mol. The molecule has 3 aromatic rings. The molecule has 19 heteroatoms. The zero-order chi connectivity index (χ0) is 48.0. The van der Waals surface area contributed by atoms with Gasteiger partial charge in [0, 0.05) is 91.2 Å². The van der Waals surface area contributed by atoms with Gasteiger partial charge in [-0.3, -0.25) is 15.0 Å². The summed E-state index contributed by atoms with van der Waals surface area (Å²) in [6.45, 7) is 19.3. The van der Waals surface area contributed by atoms with E-state index in [1.807, 2.05) is 62.3 Å². The van der Waals surface area contributed by atoms with E-state index >= 15 is 0 Å². The van der Waals surface area contributed by atoms with Crippen molar-refractivity contribution < 1.29 is 56.8 Å². The Morgan fingerprint density at radius 2 is 0.953 bits per heavy atom. The van der Waals surface area contributed by atoms with Crippen molar-refractivity contribution in [2.45, 2.75) is 111 Å². The van der Waals surface area contributed by atoms with Crippen LogP contribution in [-0.2, 0) is 19.0 Å². The Morgan fingerprint density at radius 1 is 0.609 bits per heavy atom. The molecule has 0 unspecified atom stereocenters. The lowest BCUT2D eigenvalue weighted by Gasteiger charge is -2.25. The van der Waals surface area contributed by atoms with E-state index in [1.54, 1.807) is 14.7 Å². The molecule has 3 aliphatic heterocycles. The molecule has 3 aliphatic rings. The summed E-state index contributed by atoms with van der Waals surface area (Å²) in [5.41, 5.74) is -0.672. The van der Waals surface area contributed by atoms with Gasteiger partial charge in [0.2, 0.25) is 0 Å². The molecule has 0 saturated carbocycles. The van der Waals surface area contributed by atoms with Crippen molar-refractivity contribution in [3.63, 3.8) is 0 Å². The third kappa shape index (κ3) is 19.1. The minimum absolute atomic E-state index is 0.0116. The molecule has 3 amide bonds. The Kier molecular flexibility index (Phi) is 19.9. The number of hydrogen-bond donors (Lipinski definition) is 2. The summed E-state index contributed by atoms with van der Waals surface area (Å²) in [6.07, 6.45) is 7.99. The molecule has 0 spiro atoms. The number of aldehydes is 1. The second kappa shape index (κ2) is 23.9. The first-order valence-electron chi connectivity index (χ1n) is 21.0. The number of carbonyl (C=O) groups excluding carboxylic acids is 4. The standard InChI is InChI=1S/2C15H21FN2O3.C10H17NO3.C5H3BrFN/c2*1-15(2,3)21-14(20)18-5-4-10(9-18)13(19)11-6-12(16)8-17-7-11;1-10(2,3)14-9(13)11-5-4-8(6-11)7-12;6-4-1-5(7)3-8-2-4/h2*6-8,10,13,19H,4-5,9H2,1-3H3;7-8H,4-6H2,1-3H3;1-3H/t10-,13+;10-,13-;8-;/m000./s1. The number of rotatable bonds is 5. The van der Waals surface area contributed by atoms with Crippen LogP contribution in [0.3, 0.4) is 0 Å². The van der Waals surface area contributed by atoms with Gasteiger partial charge < -0.3 is 43.9 Å². The van der Waals surface area contributed by atoms with Crippen LogP contribution < -0.4 is 0 Å². The van der Waals surface area contributed by atoms with Gasteiger partial charge in [0.05, 0.1) is 30.8 Å². The zero-order valence-electron chi connectivity index (χ0n) is 38.0. The molecule has 6 heterocycles. The fourth-order valence-electron chi connectivity index (χ4n) is 6.58.